The molecule has 0 rings (SSSR count). The molecule has 0 aromatic carbocycles. The molecule has 0 atom stereocenters. The minimum absolute atomic E-state index is 0.189. The molecule has 29 heavy (non-hydrogen) atoms. The van der Waals surface area contributed by atoms with Gasteiger partial charge in [-0.05, 0) is 69.6 Å². The smallest absolute Gasteiger partial charge is 0.306 e. The molecule has 0 radical (unpaired) electrons. The van der Waals surface area contributed by atoms with E-state index in [9.17, 15) is 9.59 Å². The van der Waals surface area contributed by atoms with E-state index in [0.29, 0.717) is 18.3 Å². The molecular formula is C25H48O4. The zero-order valence-electron chi connectivity index (χ0n) is 20.6. The fourth-order valence-electron chi connectivity index (χ4n) is 5.11. The van der Waals surface area contributed by atoms with Gasteiger partial charge in [-0.25, -0.2) is 0 Å². The fraction of sp³-hybridized carbons (Fsp3) is 0.920. The summed E-state index contributed by atoms with van der Waals surface area (Å²) in [4.78, 5) is 25.0. The van der Waals surface area contributed by atoms with Gasteiger partial charge in [0, 0.05) is 12.8 Å². The number of ether oxygens (including phenoxy) is 2. The van der Waals surface area contributed by atoms with E-state index < -0.39 is 0 Å². The maximum Gasteiger partial charge on any atom is 0.306 e. The molecular weight excluding hydrogens is 364 g/mol. The lowest BCUT2D eigenvalue weighted by Gasteiger charge is -2.39. The Hall–Kier alpha value is -1.06. The Bertz CT molecular complexity index is 413. The highest BCUT2D eigenvalue weighted by atomic mass is 16.6. The first-order valence-electron chi connectivity index (χ1n) is 12.2. The van der Waals surface area contributed by atoms with Crippen molar-refractivity contribution in [2.75, 3.05) is 0 Å². The average Bonchev–Trinajstić information content (AvgIpc) is 2.73. The van der Waals surface area contributed by atoms with Crippen LogP contribution in [0.1, 0.15) is 126 Å². The van der Waals surface area contributed by atoms with Gasteiger partial charge in [-0.2, -0.15) is 0 Å². The molecule has 0 bridgehead atoms. The van der Waals surface area contributed by atoms with E-state index >= 15 is 0 Å². The highest BCUT2D eigenvalue weighted by molar-refractivity contribution is 5.73. The molecule has 0 aromatic heterocycles. The summed E-state index contributed by atoms with van der Waals surface area (Å²) < 4.78 is 12.0. The molecule has 0 N–H and O–H groups in total. The summed E-state index contributed by atoms with van der Waals surface area (Å²) in [7, 11) is 0. The zero-order valence-corrected chi connectivity index (χ0v) is 20.6. The van der Waals surface area contributed by atoms with Crippen LogP contribution in [-0.4, -0.2) is 23.1 Å². The van der Waals surface area contributed by atoms with Gasteiger partial charge >= 0.3 is 11.9 Å². The van der Waals surface area contributed by atoms with Gasteiger partial charge in [-0.1, -0.05) is 55.4 Å². The molecule has 0 unspecified atom stereocenters. The maximum absolute atomic E-state index is 12.5. The van der Waals surface area contributed by atoms with Gasteiger partial charge in [-0.15, -0.1) is 0 Å². The Kier molecular flexibility index (Phi) is 13.5. The molecule has 0 aliphatic heterocycles. The van der Waals surface area contributed by atoms with Gasteiger partial charge in [0.15, 0.2) is 0 Å². The maximum atomic E-state index is 12.5. The van der Waals surface area contributed by atoms with Crippen LogP contribution in [-0.2, 0) is 19.1 Å². The topological polar surface area (TPSA) is 52.6 Å². The van der Waals surface area contributed by atoms with Gasteiger partial charge < -0.3 is 9.47 Å². The summed E-state index contributed by atoms with van der Waals surface area (Å²) in [5.41, 5.74) is -0.758. The van der Waals surface area contributed by atoms with E-state index in [1.165, 1.54) is 0 Å². The van der Waals surface area contributed by atoms with Crippen molar-refractivity contribution in [1.29, 1.82) is 0 Å². The predicted octanol–water partition coefficient (Wildman–Crippen LogP) is 7.23. The fourth-order valence-corrected chi connectivity index (χ4v) is 5.11. The summed E-state index contributed by atoms with van der Waals surface area (Å²) in [6, 6.07) is 0. The first kappa shape index (κ1) is 27.9. The number of hydrogen-bond donors (Lipinski definition) is 0. The van der Waals surface area contributed by atoms with Crippen LogP contribution < -0.4 is 0 Å². The number of carbonyl (C=O) groups excluding carboxylic acids is 2. The second kappa shape index (κ2) is 14.0. The van der Waals surface area contributed by atoms with E-state index in [1.54, 1.807) is 0 Å². The summed E-state index contributed by atoms with van der Waals surface area (Å²) in [6.45, 7) is 17.0. The summed E-state index contributed by atoms with van der Waals surface area (Å²) in [5, 5.41) is 0. The normalized spacial score (nSPS) is 12.5. The van der Waals surface area contributed by atoms with E-state index in [2.05, 4.69) is 55.4 Å². The van der Waals surface area contributed by atoms with Crippen LogP contribution in [0, 0.1) is 11.8 Å². The molecule has 0 aliphatic rings. The lowest BCUT2D eigenvalue weighted by Crippen LogP contribution is -2.42. The van der Waals surface area contributed by atoms with E-state index in [-0.39, 0.29) is 36.0 Å². The van der Waals surface area contributed by atoms with Gasteiger partial charge in [0.05, 0.1) is 0 Å². The first-order valence-corrected chi connectivity index (χ1v) is 12.2. The third kappa shape index (κ3) is 7.61. The Morgan fingerprint density at radius 2 is 0.862 bits per heavy atom. The molecule has 0 spiro atoms. The van der Waals surface area contributed by atoms with Crippen molar-refractivity contribution in [2.24, 2.45) is 11.8 Å². The number of hydrogen-bond acceptors (Lipinski definition) is 4. The molecule has 4 nitrogen and oxygen atoms in total. The Balaban J connectivity index is 4.81. The lowest BCUT2D eigenvalue weighted by atomic mass is 9.79. The van der Waals surface area contributed by atoms with Crippen LogP contribution in [0.4, 0.5) is 0 Å². The minimum atomic E-state index is -0.379. The molecule has 0 saturated heterocycles. The van der Waals surface area contributed by atoms with Crippen molar-refractivity contribution >= 4 is 11.9 Å². The quantitative estimate of drug-likeness (QED) is 0.251. The summed E-state index contributed by atoms with van der Waals surface area (Å²) in [6.07, 6.45) is 8.35. The van der Waals surface area contributed by atoms with Gasteiger partial charge in [0.25, 0.3) is 0 Å². The minimum Gasteiger partial charge on any atom is -0.459 e. The zero-order chi connectivity index (χ0) is 22.5. The van der Waals surface area contributed by atoms with Crippen LogP contribution >= 0.6 is 0 Å². The van der Waals surface area contributed by atoms with Crippen LogP contribution in [0.15, 0.2) is 0 Å². The Labute approximate surface area is 180 Å². The van der Waals surface area contributed by atoms with Crippen molar-refractivity contribution < 1.29 is 19.1 Å². The third-order valence-electron chi connectivity index (χ3n) is 7.25. The highest BCUT2D eigenvalue weighted by Gasteiger charge is 2.38. The van der Waals surface area contributed by atoms with Crippen molar-refractivity contribution in [2.45, 2.75) is 137 Å². The largest absolute Gasteiger partial charge is 0.459 e. The SMILES string of the molecule is CCC(CC)C(CC)(CC)OC(=O)CCCC(=O)OC(CC)(CC)C(CC)CC. The van der Waals surface area contributed by atoms with E-state index in [0.717, 1.165) is 51.4 Å². The van der Waals surface area contributed by atoms with Crippen LogP contribution in [0.5, 0.6) is 0 Å². The van der Waals surface area contributed by atoms with Crippen LogP contribution in [0.2, 0.25) is 0 Å². The van der Waals surface area contributed by atoms with Crippen molar-refractivity contribution in [1.82, 2.24) is 0 Å². The molecule has 0 heterocycles. The Morgan fingerprint density at radius 3 is 1.07 bits per heavy atom. The van der Waals surface area contributed by atoms with Crippen molar-refractivity contribution in [3.63, 3.8) is 0 Å². The van der Waals surface area contributed by atoms with Gasteiger partial charge in [0.2, 0.25) is 0 Å². The number of carbonyl (C=O) groups is 2. The van der Waals surface area contributed by atoms with Crippen LogP contribution in [0.25, 0.3) is 0 Å². The highest BCUT2D eigenvalue weighted by Crippen LogP contribution is 2.36. The molecule has 0 saturated carbocycles. The van der Waals surface area contributed by atoms with E-state index in [4.69, 9.17) is 9.47 Å². The second-order valence-corrected chi connectivity index (χ2v) is 8.37. The standard InChI is InChI=1S/C25H48O4/c1-9-20(10-2)24(13-5,14-6)28-22(26)18-17-19-23(27)29-25(15-7,16-8)21(11-3)12-4/h20-21H,9-19H2,1-8H3. The van der Waals surface area contributed by atoms with Crippen molar-refractivity contribution in [3.05, 3.63) is 0 Å². The number of rotatable bonds is 16. The second-order valence-electron chi connectivity index (χ2n) is 8.37. The molecule has 0 aliphatic carbocycles. The van der Waals surface area contributed by atoms with Gasteiger partial charge in [-0.3, -0.25) is 9.59 Å². The van der Waals surface area contributed by atoms with Crippen LogP contribution in [0.3, 0.4) is 0 Å². The molecule has 0 aromatic rings. The Morgan fingerprint density at radius 1 is 0.586 bits per heavy atom. The third-order valence-corrected chi connectivity index (χ3v) is 7.25. The summed E-state index contributed by atoms with van der Waals surface area (Å²) >= 11 is 0. The monoisotopic (exact) mass is 412 g/mol. The molecule has 172 valence electrons. The predicted molar refractivity (Wildman–Crippen MR) is 121 cm³/mol. The lowest BCUT2D eigenvalue weighted by molar-refractivity contribution is -0.170. The van der Waals surface area contributed by atoms with Crippen molar-refractivity contribution in [3.8, 4) is 0 Å². The first-order chi connectivity index (χ1) is 13.8. The molecule has 0 amide bonds. The average molecular weight is 413 g/mol. The number of esters is 2. The summed E-state index contributed by atoms with van der Waals surface area (Å²) in [5.74, 6) is 0.374. The van der Waals surface area contributed by atoms with Gasteiger partial charge in [0.1, 0.15) is 11.2 Å². The molecule has 4 heteroatoms. The van der Waals surface area contributed by atoms with E-state index in [1.807, 2.05) is 0 Å². The molecule has 0 fully saturated rings.